The lowest BCUT2D eigenvalue weighted by molar-refractivity contribution is -0.162. The second kappa shape index (κ2) is 11.5. The van der Waals surface area contributed by atoms with Crippen LogP contribution < -0.4 is 0 Å². The Kier molecular flexibility index (Phi) is 7.73. The first-order chi connectivity index (χ1) is 20.1. The van der Waals surface area contributed by atoms with Crippen LogP contribution in [0.2, 0.25) is 0 Å². The molecule has 1 saturated heterocycles. The summed E-state index contributed by atoms with van der Waals surface area (Å²) in [5.74, 6) is -0.0202. The van der Waals surface area contributed by atoms with Crippen LogP contribution in [0.25, 0.3) is 22.2 Å². The van der Waals surface area contributed by atoms with E-state index in [-0.39, 0.29) is 30.5 Å². The fourth-order valence-electron chi connectivity index (χ4n) is 5.82. The lowest BCUT2D eigenvalue weighted by Crippen LogP contribution is -2.50. The molecule has 42 heavy (non-hydrogen) atoms. The highest BCUT2D eigenvalue weighted by Gasteiger charge is 2.35. The number of halogens is 4. The average molecular weight is 584 g/mol. The smallest absolute Gasteiger partial charge is 0.342 e. The number of carbonyl (C=O) groups excluding carboxylic acids is 1. The van der Waals surface area contributed by atoms with Crippen LogP contribution in [0, 0.1) is 11.7 Å². The summed E-state index contributed by atoms with van der Waals surface area (Å²) in [5, 5.41) is 4.43. The number of hydrogen-bond acceptors (Lipinski definition) is 5. The third-order valence-corrected chi connectivity index (χ3v) is 8.49. The minimum Gasteiger partial charge on any atom is -0.342 e. The summed E-state index contributed by atoms with van der Waals surface area (Å²) in [5.41, 5.74) is 3.84. The van der Waals surface area contributed by atoms with Crippen LogP contribution in [0.4, 0.5) is 17.6 Å². The number of amides is 1. The first kappa shape index (κ1) is 28.3. The minimum atomic E-state index is -4.50. The number of imidazole rings is 1. The van der Waals surface area contributed by atoms with Crippen LogP contribution in [0.5, 0.6) is 0 Å². The van der Waals surface area contributed by atoms with E-state index >= 15 is 4.39 Å². The normalized spacial score (nSPS) is 17.5. The largest absolute Gasteiger partial charge is 0.397 e. The number of benzene rings is 1. The van der Waals surface area contributed by atoms with Crippen LogP contribution in [0.15, 0.2) is 42.9 Å². The molecule has 1 unspecified atom stereocenters. The summed E-state index contributed by atoms with van der Waals surface area (Å²) in [4.78, 5) is 27.6. The van der Waals surface area contributed by atoms with Crippen molar-refractivity contribution in [3.8, 4) is 11.1 Å². The number of aromatic nitrogens is 5. The molecule has 4 heterocycles. The quantitative estimate of drug-likeness (QED) is 0.277. The third kappa shape index (κ3) is 6.18. The van der Waals surface area contributed by atoms with E-state index < -0.39 is 18.5 Å². The SMILES string of the molecule is CC(c1ccnc(Cc2nc3c(F)c(-c4cnn(CC5CCC5)c4)ccc3[nH]2)c1)N1CCN(C(=O)CC(F)(F)F)CC1. The Hall–Kier alpha value is -3.80. The van der Waals surface area contributed by atoms with Gasteiger partial charge in [0.25, 0.3) is 0 Å². The third-order valence-electron chi connectivity index (χ3n) is 8.49. The van der Waals surface area contributed by atoms with Gasteiger partial charge in [-0.25, -0.2) is 9.37 Å². The van der Waals surface area contributed by atoms with Gasteiger partial charge in [0, 0.05) is 74.4 Å². The van der Waals surface area contributed by atoms with E-state index in [2.05, 4.69) is 25.0 Å². The number of carbonyl (C=O) groups is 1. The molecule has 8 nitrogen and oxygen atoms in total. The molecular weight excluding hydrogens is 550 g/mol. The van der Waals surface area contributed by atoms with Crippen molar-refractivity contribution in [2.24, 2.45) is 5.92 Å². The van der Waals surface area contributed by atoms with Gasteiger partial charge in [-0.15, -0.1) is 0 Å². The first-order valence-electron chi connectivity index (χ1n) is 14.4. The molecule has 1 saturated carbocycles. The highest BCUT2D eigenvalue weighted by molar-refractivity contribution is 5.83. The van der Waals surface area contributed by atoms with Crippen LogP contribution in [0.3, 0.4) is 0 Å². The van der Waals surface area contributed by atoms with Crippen molar-refractivity contribution in [3.63, 3.8) is 0 Å². The van der Waals surface area contributed by atoms with Gasteiger partial charge < -0.3 is 9.88 Å². The molecule has 6 rings (SSSR count). The number of nitrogens with zero attached hydrogens (tertiary/aromatic N) is 6. The number of fused-ring (bicyclic) bond motifs is 1. The molecule has 1 aromatic carbocycles. The number of nitrogens with one attached hydrogen (secondary N) is 1. The molecule has 1 aliphatic carbocycles. The molecule has 12 heteroatoms. The Morgan fingerprint density at radius 1 is 1.14 bits per heavy atom. The second-order valence-corrected chi connectivity index (χ2v) is 11.4. The average Bonchev–Trinajstić information content (AvgIpc) is 3.57. The van der Waals surface area contributed by atoms with Gasteiger partial charge in [0.2, 0.25) is 5.91 Å². The van der Waals surface area contributed by atoms with Gasteiger partial charge in [0.05, 0.1) is 11.7 Å². The summed E-state index contributed by atoms with van der Waals surface area (Å²) in [7, 11) is 0. The van der Waals surface area contributed by atoms with Crippen molar-refractivity contribution in [2.45, 2.75) is 57.8 Å². The molecule has 2 aliphatic rings. The van der Waals surface area contributed by atoms with E-state index in [1.54, 1.807) is 18.5 Å². The van der Waals surface area contributed by atoms with Crippen LogP contribution >= 0.6 is 0 Å². The molecule has 1 N–H and O–H groups in total. The predicted octanol–water partition coefficient (Wildman–Crippen LogP) is 5.51. The van der Waals surface area contributed by atoms with Crippen molar-refractivity contribution < 1.29 is 22.4 Å². The highest BCUT2D eigenvalue weighted by atomic mass is 19.4. The van der Waals surface area contributed by atoms with Gasteiger partial charge in [-0.05, 0) is 55.5 Å². The van der Waals surface area contributed by atoms with Crippen LogP contribution in [-0.2, 0) is 17.8 Å². The standard InChI is InChI=1S/C30H33F4N7O/c1-19(39-9-11-40(12-10-39)27(42)15-30(32,33)34)21-7-8-35-23(13-21)14-26-37-25-6-5-24(28(31)29(25)38-26)22-16-36-41(18-22)17-20-3-2-4-20/h5-8,13,16,18-20H,2-4,9-12,14-15,17H2,1H3,(H,37,38). The molecule has 2 fully saturated rings. The lowest BCUT2D eigenvalue weighted by Gasteiger charge is -2.38. The maximum atomic E-state index is 15.6. The zero-order valence-electron chi connectivity index (χ0n) is 23.4. The number of pyridine rings is 1. The molecule has 1 aliphatic heterocycles. The zero-order chi connectivity index (χ0) is 29.4. The summed E-state index contributed by atoms with van der Waals surface area (Å²) >= 11 is 0. The number of hydrogen-bond donors (Lipinski definition) is 1. The fraction of sp³-hybridized carbons (Fsp3) is 0.467. The van der Waals surface area contributed by atoms with Crippen LogP contribution in [-0.4, -0.2) is 72.8 Å². The molecule has 1 atom stereocenters. The predicted molar refractivity (Wildman–Crippen MR) is 149 cm³/mol. The van der Waals surface area contributed by atoms with E-state index in [9.17, 15) is 18.0 Å². The van der Waals surface area contributed by atoms with Crippen molar-refractivity contribution in [1.29, 1.82) is 0 Å². The fourth-order valence-corrected chi connectivity index (χ4v) is 5.82. The number of aromatic amines is 1. The molecule has 1 amide bonds. The number of rotatable bonds is 8. The summed E-state index contributed by atoms with van der Waals surface area (Å²) < 4.78 is 55.3. The Bertz CT molecular complexity index is 1570. The van der Waals surface area contributed by atoms with Gasteiger partial charge in [-0.3, -0.25) is 19.4 Å². The molecule has 222 valence electrons. The van der Waals surface area contributed by atoms with E-state index in [0.717, 1.165) is 23.4 Å². The van der Waals surface area contributed by atoms with Gasteiger partial charge in [-0.2, -0.15) is 18.3 Å². The van der Waals surface area contributed by atoms with E-state index in [1.807, 2.05) is 36.0 Å². The number of piperazine rings is 1. The van der Waals surface area contributed by atoms with Gasteiger partial charge in [-0.1, -0.05) is 6.42 Å². The van der Waals surface area contributed by atoms with Gasteiger partial charge in [0.15, 0.2) is 5.82 Å². The maximum absolute atomic E-state index is 15.6. The minimum absolute atomic E-state index is 0.0208. The Morgan fingerprint density at radius 2 is 1.93 bits per heavy atom. The monoisotopic (exact) mass is 583 g/mol. The van der Waals surface area contributed by atoms with Gasteiger partial charge in [0.1, 0.15) is 17.8 Å². The van der Waals surface area contributed by atoms with E-state index in [1.165, 1.54) is 24.2 Å². The first-order valence-corrected chi connectivity index (χ1v) is 14.4. The van der Waals surface area contributed by atoms with Crippen molar-refractivity contribution >= 4 is 16.9 Å². The molecule has 4 aromatic rings. The number of alkyl halides is 3. The van der Waals surface area contributed by atoms with Crippen LogP contribution in [0.1, 0.15) is 55.7 Å². The topological polar surface area (TPSA) is 82.9 Å². The lowest BCUT2D eigenvalue weighted by atomic mass is 9.85. The Labute approximate surface area is 240 Å². The molecule has 0 radical (unpaired) electrons. The van der Waals surface area contributed by atoms with E-state index in [4.69, 9.17) is 0 Å². The highest BCUT2D eigenvalue weighted by Crippen LogP contribution is 2.31. The zero-order valence-corrected chi connectivity index (χ0v) is 23.4. The summed E-state index contributed by atoms with van der Waals surface area (Å²) in [6.07, 6.45) is 3.47. The molecular formula is C30H33F4N7O. The Balaban J connectivity index is 1.11. The Morgan fingerprint density at radius 3 is 2.64 bits per heavy atom. The second-order valence-electron chi connectivity index (χ2n) is 11.4. The summed E-state index contributed by atoms with van der Waals surface area (Å²) in [6, 6.07) is 7.44. The maximum Gasteiger partial charge on any atom is 0.397 e. The summed E-state index contributed by atoms with van der Waals surface area (Å²) in [6.45, 7) is 4.36. The van der Waals surface area contributed by atoms with Crippen molar-refractivity contribution in [3.05, 3.63) is 65.8 Å². The van der Waals surface area contributed by atoms with Crippen molar-refractivity contribution in [1.82, 2.24) is 34.5 Å². The molecule has 3 aromatic heterocycles. The molecule has 0 spiro atoms. The van der Waals surface area contributed by atoms with Crippen molar-refractivity contribution in [2.75, 3.05) is 26.2 Å². The number of H-pyrrole nitrogens is 1. The molecule has 0 bridgehead atoms. The van der Waals surface area contributed by atoms with E-state index in [0.29, 0.717) is 42.3 Å². The van der Waals surface area contributed by atoms with Gasteiger partial charge >= 0.3 is 6.18 Å².